The molecule has 0 aliphatic carbocycles. The smallest absolute Gasteiger partial charge is 0.0638 e. The molecule has 0 saturated carbocycles. The van der Waals surface area contributed by atoms with Crippen molar-refractivity contribution in [2.45, 2.75) is 51.7 Å². The van der Waals surface area contributed by atoms with E-state index in [1.54, 1.807) is 0 Å². The summed E-state index contributed by atoms with van der Waals surface area (Å²) in [5, 5.41) is 0. The van der Waals surface area contributed by atoms with Gasteiger partial charge in [0, 0.05) is 8.80 Å². The lowest BCUT2D eigenvalue weighted by Gasteiger charge is -2.15. The molecule has 0 saturated heterocycles. The molecule has 0 atom stereocenters. The summed E-state index contributed by atoms with van der Waals surface area (Å²) >= 11 is 6.06. The van der Waals surface area contributed by atoms with Gasteiger partial charge in [0.25, 0.3) is 0 Å². The van der Waals surface area contributed by atoms with Crippen LogP contribution in [0.4, 0.5) is 0 Å². The summed E-state index contributed by atoms with van der Waals surface area (Å²) in [5.74, 6) is 0.937. The number of benzene rings is 1. The van der Waals surface area contributed by atoms with Crippen molar-refractivity contribution in [2.75, 3.05) is 0 Å². The molecular weight excluding hydrogens is 244 g/mol. The molecule has 2 heteroatoms. The molecule has 0 nitrogen and oxygen atoms in total. The van der Waals surface area contributed by atoms with E-state index in [9.17, 15) is 0 Å². The van der Waals surface area contributed by atoms with E-state index >= 15 is 0 Å². The molecule has 1 aromatic carbocycles. The highest BCUT2D eigenvalue weighted by Crippen LogP contribution is 2.26. The Morgan fingerprint density at radius 3 is 1.76 bits per heavy atom. The zero-order chi connectivity index (χ0) is 13.5. The van der Waals surface area contributed by atoms with Gasteiger partial charge >= 0.3 is 0 Å². The van der Waals surface area contributed by atoms with Crippen molar-refractivity contribution in [3.05, 3.63) is 35.9 Å². The second kappa shape index (κ2) is 7.94. The van der Waals surface area contributed by atoms with Gasteiger partial charge in [-0.05, 0) is 25.3 Å². The summed E-state index contributed by atoms with van der Waals surface area (Å²) in [5.41, 5.74) is 1.16. The van der Waals surface area contributed by atoms with Crippen LogP contribution in [-0.2, 0) is 4.87 Å². The monoisotopic (exact) mass is 270 g/mol. The molecule has 0 N–H and O–H groups in total. The maximum atomic E-state index is 6.06. The Labute approximate surface area is 114 Å². The molecule has 0 fully saturated rings. The minimum Gasteiger partial charge on any atom is -0.115 e. The van der Waals surface area contributed by atoms with Gasteiger partial charge < -0.3 is 0 Å². The van der Waals surface area contributed by atoms with Crippen molar-refractivity contribution in [2.24, 2.45) is 5.92 Å². The maximum Gasteiger partial charge on any atom is 0.0638 e. The molecule has 0 radical (unpaired) electrons. The van der Waals surface area contributed by atoms with Gasteiger partial charge in [-0.15, -0.1) is 11.6 Å². The number of hydrogen-bond donors (Lipinski definition) is 0. The first-order valence-corrected chi connectivity index (χ1v) is 9.98. The Morgan fingerprint density at radius 1 is 1.12 bits per heavy atom. The molecule has 0 amide bonds. The Hall–Kier alpha value is -0.273. The maximum absolute atomic E-state index is 6.06. The van der Waals surface area contributed by atoms with Crippen LogP contribution in [0, 0.1) is 5.92 Å². The second-order valence-electron chi connectivity index (χ2n) is 5.86. The molecule has 0 spiro atoms. The van der Waals surface area contributed by atoms with Crippen LogP contribution in [0.5, 0.6) is 0 Å². The average Bonchev–Trinajstić information content (AvgIpc) is 2.16. The Bertz CT molecular complexity index is 280. The molecule has 0 aromatic heterocycles. The summed E-state index contributed by atoms with van der Waals surface area (Å²) in [4.78, 5) is -0.235. The predicted molar refractivity (Wildman–Crippen MR) is 83.8 cm³/mol. The Kier molecular flexibility index (Phi) is 7.81. The zero-order valence-electron chi connectivity index (χ0n) is 12.1. The first-order valence-electron chi connectivity index (χ1n) is 6.48. The second-order valence-corrected chi connectivity index (χ2v) is 10.1. The lowest BCUT2D eigenvalue weighted by molar-refractivity contribution is 0.727. The van der Waals surface area contributed by atoms with Crippen LogP contribution >= 0.6 is 11.6 Å². The van der Waals surface area contributed by atoms with Crippen LogP contribution in [0.3, 0.4) is 0 Å². The van der Waals surface area contributed by atoms with Gasteiger partial charge in [0.05, 0.1) is 4.87 Å². The molecule has 1 rings (SSSR count). The van der Waals surface area contributed by atoms with E-state index in [-0.39, 0.29) is 13.7 Å². The number of alkyl halides is 1. The van der Waals surface area contributed by atoms with Gasteiger partial charge in [-0.25, -0.2) is 0 Å². The summed E-state index contributed by atoms with van der Waals surface area (Å²) in [6.45, 7) is 13.4. The van der Waals surface area contributed by atoms with Crippen molar-refractivity contribution in [3.8, 4) is 0 Å². The van der Waals surface area contributed by atoms with E-state index in [0.29, 0.717) is 0 Å². The normalized spacial score (nSPS) is 11.4. The van der Waals surface area contributed by atoms with Gasteiger partial charge in [0.15, 0.2) is 0 Å². The van der Waals surface area contributed by atoms with Gasteiger partial charge in [0.1, 0.15) is 0 Å². The SMILES string of the molecule is CC(C)(Cl)c1ccccc1.CC(C)C[SiH](C)C. The van der Waals surface area contributed by atoms with Crippen LogP contribution < -0.4 is 0 Å². The summed E-state index contributed by atoms with van der Waals surface area (Å²) in [7, 11) is -0.228. The van der Waals surface area contributed by atoms with Crippen molar-refractivity contribution >= 4 is 20.4 Å². The van der Waals surface area contributed by atoms with Crippen molar-refractivity contribution in [1.29, 1.82) is 0 Å². The minimum atomic E-state index is -0.235. The average molecular weight is 271 g/mol. The highest BCUT2D eigenvalue weighted by Gasteiger charge is 2.14. The zero-order valence-corrected chi connectivity index (χ0v) is 14.0. The van der Waals surface area contributed by atoms with Crippen LogP contribution in [0.1, 0.15) is 33.3 Å². The van der Waals surface area contributed by atoms with E-state index in [1.165, 1.54) is 6.04 Å². The van der Waals surface area contributed by atoms with Crippen LogP contribution in [0.15, 0.2) is 30.3 Å². The molecule has 98 valence electrons. The quantitative estimate of drug-likeness (QED) is 0.517. The Balaban J connectivity index is 0.000000325. The van der Waals surface area contributed by atoms with Crippen LogP contribution in [-0.4, -0.2) is 8.80 Å². The van der Waals surface area contributed by atoms with E-state index in [4.69, 9.17) is 11.6 Å². The van der Waals surface area contributed by atoms with Gasteiger partial charge in [0.2, 0.25) is 0 Å². The third-order valence-corrected chi connectivity index (χ3v) is 4.51. The molecule has 0 unspecified atom stereocenters. The molecule has 0 aliphatic rings. The Morgan fingerprint density at radius 2 is 1.59 bits per heavy atom. The first kappa shape index (κ1) is 16.7. The van der Waals surface area contributed by atoms with Crippen molar-refractivity contribution in [3.63, 3.8) is 0 Å². The molecule has 0 heterocycles. The van der Waals surface area contributed by atoms with E-state index in [1.807, 2.05) is 44.2 Å². The fourth-order valence-electron chi connectivity index (χ4n) is 1.78. The summed E-state index contributed by atoms with van der Waals surface area (Å²) in [6, 6.07) is 11.6. The third kappa shape index (κ3) is 9.43. The summed E-state index contributed by atoms with van der Waals surface area (Å²) in [6.07, 6.45) is 0. The minimum absolute atomic E-state index is 0.228. The topological polar surface area (TPSA) is 0 Å². The molecule has 0 aliphatic heterocycles. The lowest BCUT2D eigenvalue weighted by atomic mass is 10.0. The third-order valence-electron chi connectivity index (χ3n) is 2.40. The molecule has 17 heavy (non-hydrogen) atoms. The van der Waals surface area contributed by atoms with E-state index in [0.717, 1.165) is 11.5 Å². The van der Waals surface area contributed by atoms with Gasteiger partial charge in [-0.3, -0.25) is 0 Å². The largest absolute Gasteiger partial charge is 0.115 e. The summed E-state index contributed by atoms with van der Waals surface area (Å²) < 4.78 is 0. The molecule has 0 bridgehead atoms. The van der Waals surface area contributed by atoms with E-state index < -0.39 is 0 Å². The fraction of sp³-hybridized carbons (Fsp3) is 0.600. The number of rotatable bonds is 3. The van der Waals surface area contributed by atoms with Gasteiger partial charge in [-0.2, -0.15) is 0 Å². The van der Waals surface area contributed by atoms with Crippen molar-refractivity contribution < 1.29 is 0 Å². The number of hydrogen-bond acceptors (Lipinski definition) is 0. The standard InChI is InChI=1S/C9H11Cl.C6H16Si/c1-9(2,10)8-6-4-3-5-7-8;1-6(2)5-7(3)4/h3-7H,1-2H3;6-7H,5H2,1-4H3. The predicted octanol–water partition coefficient (Wildman–Crippen LogP) is 5.29. The van der Waals surface area contributed by atoms with Crippen LogP contribution in [0.2, 0.25) is 19.1 Å². The van der Waals surface area contributed by atoms with E-state index in [2.05, 4.69) is 26.9 Å². The fourth-order valence-corrected chi connectivity index (χ4v) is 3.79. The lowest BCUT2D eigenvalue weighted by Crippen LogP contribution is -2.06. The highest BCUT2D eigenvalue weighted by molar-refractivity contribution is 6.55. The van der Waals surface area contributed by atoms with Gasteiger partial charge in [-0.1, -0.05) is 63.3 Å². The van der Waals surface area contributed by atoms with Crippen molar-refractivity contribution in [1.82, 2.24) is 0 Å². The first-order chi connectivity index (χ1) is 7.73. The highest BCUT2D eigenvalue weighted by atomic mass is 35.5. The molecule has 1 aromatic rings. The number of halogens is 1. The van der Waals surface area contributed by atoms with Crippen LogP contribution in [0.25, 0.3) is 0 Å². The molecular formula is C15H27ClSi.